The normalized spacial score (nSPS) is 17.6. The van der Waals surface area contributed by atoms with E-state index in [-0.39, 0.29) is 37.4 Å². The molecule has 1 saturated heterocycles. The quantitative estimate of drug-likeness (QED) is 0.0881. The summed E-state index contributed by atoms with van der Waals surface area (Å²) in [5, 5.41) is 28.5. The minimum Gasteiger partial charge on any atom is -0.480 e. The SMILES string of the molecule is NC(N)=NCCC[C@H](NC(=O)[C@H](CO)NC(=O)CNC(=O)[C@@H]1CCCN1)C(=O)O. The van der Waals surface area contributed by atoms with Crippen LogP contribution in [0.1, 0.15) is 25.7 Å². The van der Waals surface area contributed by atoms with Crippen LogP contribution < -0.4 is 32.7 Å². The zero-order valence-corrected chi connectivity index (χ0v) is 16.0. The number of nitrogens with two attached hydrogens (primary N) is 2. The van der Waals surface area contributed by atoms with Crippen molar-refractivity contribution in [1.29, 1.82) is 0 Å². The van der Waals surface area contributed by atoms with Crippen molar-refractivity contribution in [2.45, 2.75) is 43.8 Å². The first kappa shape index (κ1) is 24.1. The van der Waals surface area contributed by atoms with Gasteiger partial charge in [-0.15, -0.1) is 0 Å². The molecule has 3 atom stereocenters. The number of nitrogens with zero attached hydrogens (tertiary/aromatic N) is 1. The second-order valence-corrected chi connectivity index (χ2v) is 6.52. The Balaban J connectivity index is 2.46. The van der Waals surface area contributed by atoms with E-state index in [9.17, 15) is 29.4 Å². The number of carbonyl (C=O) groups is 4. The van der Waals surface area contributed by atoms with Crippen LogP contribution in [0.4, 0.5) is 0 Å². The summed E-state index contributed by atoms with van der Waals surface area (Å²) in [7, 11) is 0. The number of carboxylic acid groups (broad SMARTS) is 1. The molecule has 29 heavy (non-hydrogen) atoms. The molecule has 1 aliphatic heterocycles. The Morgan fingerprint density at radius 2 is 1.90 bits per heavy atom. The first-order valence-corrected chi connectivity index (χ1v) is 9.24. The maximum Gasteiger partial charge on any atom is 0.326 e. The fraction of sp³-hybridized carbons (Fsp3) is 0.688. The molecule has 0 aromatic heterocycles. The standard InChI is InChI=1S/C16H29N7O6/c17-16(18)20-6-2-4-10(15(28)29)23-14(27)11(8-24)22-12(25)7-21-13(26)9-3-1-5-19-9/h9-11,19,24H,1-8H2,(H,21,26)(H,22,25)(H,23,27)(H,28,29)(H4,17,18,20)/t9-,10-,11-/m0/s1. The molecule has 0 unspecified atom stereocenters. The van der Waals surface area contributed by atoms with Gasteiger partial charge < -0.3 is 42.9 Å². The number of aliphatic hydroxyl groups is 1. The monoisotopic (exact) mass is 415 g/mol. The second-order valence-electron chi connectivity index (χ2n) is 6.52. The van der Waals surface area contributed by atoms with E-state index in [1.165, 1.54) is 0 Å². The van der Waals surface area contributed by atoms with Crippen molar-refractivity contribution in [3.05, 3.63) is 0 Å². The molecule has 0 aromatic carbocycles. The van der Waals surface area contributed by atoms with E-state index >= 15 is 0 Å². The number of aliphatic carboxylic acids is 1. The Morgan fingerprint density at radius 1 is 1.17 bits per heavy atom. The molecule has 1 rings (SSSR count). The van der Waals surface area contributed by atoms with Crippen molar-refractivity contribution < 1.29 is 29.4 Å². The molecule has 0 bridgehead atoms. The van der Waals surface area contributed by atoms with Gasteiger partial charge in [0.1, 0.15) is 12.1 Å². The molecule has 3 amide bonds. The molecule has 0 aliphatic carbocycles. The summed E-state index contributed by atoms with van der Waals surface area (Å²) in [6.07, 6.45) is 1.89. The summed E-state index contributed by atoms with van der Waals surface area (Å²) in [6.45, 7) is -0.191. The van der Waals surface area contributed by atoms with Crippen LogP contribution in [0.2, 0.25) is 0 Å². The predicted molar refractivity (Wildman–Crippen MR) is 103 cm³/mol. The van der Waals surface area contributed by atoms with E-state index < -0.39 is 36.5 Å². The van der Waals surface area contributed by atoms with Crippen LogP contribution in [0, 0.1) is 0 Å². The molecule has 164 valence electrons. The van der Waals surface area contributed by atoms with Gasteiger partial charge in [-0.1, -0.05) is 0 Å². The smallest absolute Gasteiger partial charge is 0.326 e. The van der Waals surface area contributed by atoms with Crippen molar-refractivity contribution in [2.24, 2.45) is 16.5 Å². The second kappa shape index (κ2) is 12.5. The maximum absolute atomic E-state index is 12.2. The van der Waals surface area contributed by atoms with Gasteiger partial charge in [-0.3, -0.25) is 19.4 Å². The Labute approximate surface area is 167 Å². The van der Waals surface area contributed by atoms with Gasteiger partial charge in [0.25, 0.3) is 0 Å². The topological polar surface area (TPSA) is 221 Å². The van der Waals surface area contributed by atoms with Gasteiger partial charge in [0.05, 0.1) is 19.2 Å². The van der Waals surface area contributed by atoms with Gasteiger partial charge in [-0.05, 0) is 32.2 Å². The molecule has 13 heteroatoms. The van der Waals surface area contributed by atoms with Crippen LogP contribution in [0.25, 0.3) is 0 Å². The Hall–Kier alpha value is -2.93. The first-order valence-electron chi connectivity index (χ1n) is 9.24. The van der Waals surface area contributed by atoms with Gasteiger partial charge in [-0.2, -0.15) is 0 Å². The highest BCUT2D eigenvalue weighted by atomic mass is 16.4. The third-order valence-corrected chi connectivity index (χ3v) is 4.19. The minimum absolute atomic E-state index is 0.0500. The lowest BCUT2D eigenvalue weighted by molar-refractivity contribution is -0.142. The van der Waals surface area contributed by atoms with E-state index in [0.717, 1.165) is 13.0 Å². The fourth-order valence-corrected chi connectivity index (χ4v) is 2.67. The summed E-state index contributed by atoms with van der Waals surface area (Å²) in [4.78, 5) is 51.0. The highest BCUT2D eigenvalue weighted by Gasteiger charge is 2.27. The molecule has 0 saturated carbocycles. The summed E-state index contributed by atoms with van der Waals surface area (Å²) < 4.78 is 0. The Morgan fingerprint density at radius 3 is 2.45 bits per heavy atom. The maximum atomic E-state index is 12.2. The van der Waals surface area contributed by atoms with Gasteiger partial charge >= 0.3 is 5.97 Å². The lowest BCUT2D eigenvalue weighted by Gasteiger charge is -2.20. The van der Waals surface area contributed by atoms with Crippen LogP contribution in [0.5, 0.6) is 0 Å². The number of rotatable bonds is 12. The molecule has 13 nitrogen and oxygen atoms in total. The van der Waals surface area contributed by atoms with Crippen molar-refractivity contribution in [2.75, 3.05) is 26.2 Å². The molecule has 0 spiro atoms. The number of amides is 3. The third kappa shape index (κ3) is 9.21. The lowest BCUT2D eigenvalue weighted by atomic mass is 10.1. The van der Waals surface area contributed by atoms with Crippen molar-refractivity contribution >= 4 is 29.7 Å². The number of carbonyl (C=O) groups excluding carboxylic acids is 3. The van der Waals surface area contributed by atoms with Crippen molar-refractivity contribution in [1.82, 2.24) is 21.3 Å². The lowest BCUT2D eigenvalue weighted by Crippen LogP contribution is -2.55. The predicted octanol–water partition coefficient (Wildman–Crippen LogP) is -4.05. The minimum atomic E-state index is -1.36. The molecule has 10 N–H and O–H groups in total. The van der Waals surface area contributed by atoms with Gasteiger partial charge in [0.15, 0.2) is 5.96 Å². The van der Waals surface area contributed by atoms with E-state index in [2.05, 4.69) is 26.3 Å². The van der Waals surface area contributed by atoms with Crippen LogP contribution in [-0.2, 0) is 19.2 Å². The number of carboxylic acids is 1. The summed E-state index contributed by atoms with van der Waals surface area (Å²) >= 11 is 0. The van der Waals surface area contributed by atoms with E-state index in [0.29, 0.717) is 12.8 Å². The first-order chi connectivity index (χ1) is 13.7. The largest absolute Gasteiger partial charge is 0.480 e. The van der Waals surface area contributed by atoms with Crippen LogP contribution in [0.15, 0.2) is 4.99 Å². The van der Waals surface area contributed by atoms with Crippen LogP contribution in [-0.4, -0.2) is 84.2 Å². The van der Waals surface area contributed by atoms with E-state index in [4.69, 9.17) is 11.5 Å². The molecular weight excluding hydrogens is 386 g/mol. The number of nitrogens with one attached hydrogen (secondary N) is 4. The number of hydrogen-bond donors (Lipinski definition) is 8. The molecular formula is C16H29N7O6. The highest BCUT2D eigenvalue weighted by Crippen LogP contribution is 2.04. The van der Waals surface area contributed by atoms with Gasteiger partial charge in [0, 0.05) is 6.54 Å². The van der Waals surface area contributed by atoms with E-state index in [1.807, 2.05) is 0 Å². The van der Waals surface area contributed by atoms with Gasteiger partial charge in [-0.25, -0.2) is 4.79 Å². The Bertz CT molecular complexity index is 617. The van der Waals surface area contributed by atoms with Crippen LogP contribution in [0.3, 0.4) is 0 Å². The number of aliphatic imine (C=N–C) groups is 1. The Kier molecular flexibility index (Phi) is 10.4. The zero-order valence-electron chi connectivity index (χ0n) is 16.0. The highest BCUT2D eigenvalue weighted by molar-refractivity contribution is 5.92. The summed E-state index contributed by atoms with van der Waals surface area (Å²) in [6, 6.07) is -2.95. The van der Waals surface area contributed by atoms with Crippen molar-refractivity contribution in [3.8, 4) is 0 Å². The number of aliphatic hydroxyl groups excluding tert-OH is 1. The molecule has 1 aliphatic rings. The molecule has 1 fully saturated rings. The number of hydrogen-bond acceptors (Lipinski definition) is 7. The summed E-state index contributed by atoms with van der Waals surface area (Å²) in [5.74, 6) is -3.28. The van der Waals surface area contributed by atoms with Crippen molar-refractivity contribution in [3.63, 3.8) is 0 Å². The molecule has 0 aromatic rings. The summed E-state index contributed by atoms with van der Waals surface area (Å²) in [5.41, 5.74) is 10.4. The van der Waals surface area contributed by atoms with E-state index in [1.54, 1.807) is 0 Å². The number of guanidine groups is 1. The zero-order chi connectivity index (χ0) is 21.8. The average Bonchev–Trinajstić information content (AvgIpc) is 3.20. The molecule has 0 radical (unpaired) electrons. The third-order valence-electron chi connectivity index (χ3n) is 4.19. The van der Waals surface area contributed by atoms with Crippen LogP contribution >= 0.6 is 0 Å². The van der Waals surface area contributed by atoms with Gasteiger partial charge in [0.2, 0.25) is 17.7 Å². The average molecular weight is 415 g/mol. The fourth-order valence-electron chi connectivity index (χ4n) is 2.67. The molecule has 1 heterocycles.